The summed E-state index contributed by atoms with van der Waals surface area (Å²) in [5.74, 6) is -0.156. The molecule has 3 rings (SSSR count). The molecule has 0 aliphatic heterocycles. The Kier molecular flexibility index (Phi) is 8.57. The molecule has 0 unspecified atom stereocenters. The van der Waals surface area contributed by atoms with E-state index < -0.39 is 30.2 Å². The summed E-state index contributed by atoms with van der Waals surface area (Å²) in [6, 6.07) is 24.9. The van der Waals surface area contributed by atoms with Crippen LogP contribution >= 0.6 is 0 Å². The lowest BCUT2D eigenvalue weighted by Gasteiger charge is -2.28. The molecule has 3 aromatic rings. The van der Waals surface area contributed by atoms with E-state index in [9.17, 15) is 14.7 Å². The summed E-state index contributed by atoms with van der Waals surface area (Å²) >= 11 is 0. The standard InChI is InChI=1S/C26H29N3O4/c1-18(20-13-7-3-8-14-20)28-25(31)23(27)24(30)22(17-19-11-5-2-6-12-19)29-26(32)33-21-15-9-4-10-16-21/h2-16,18,22-24,30H,17,27H2,1H3,(H,28,31)(H,29,32)/t18-,22-,23-,24-/m0/s1. The molecule has 0 aliphatic carbocycles. The van der Waals surface area contributed by atoms with Crippen molar-refractivity contribution in [3.63, 3.8) is 0 Å². The van der Waals surface area contributed by atoms with Gasteiger partial charge in [0, 0.05) is 0 Å². The van der Waals surface area contributed by atoms with Gasteiger partial charge in [-0.05, 0) is 36.6 Å². The Morgan fingerprint density at radius 1 is 0.879 bits per heavy atom. The number of nitrogens with two attached hydrogens (primary N) is 1. The number of rotatable bonds is 9. The smallest absolute Gasteiger partial charge is 0.410 e. The van der Waals surface area contributed by atoms with Crippen LogP contribution in [0.15, 0.2) is 91.0 Å². The van der Waals surface area contributed by atoms with Crippen molar-refractivity contribution >= 4 is 12.0 Å². The molecule has 2 amide bonds. The van der Waals surface area contributed by atoms with Crippen molar-refractivity contribution in [2.45, 2.75) is 37.6 Å². The SMILES string of the molecule is C[C@H](NC(=O)[C@@H](N)[C@@H](O)[C@H](Cc1ccccc1)NC(=O)Oc1ccccc1)c1ccccc1. The second kappa shape index (κ2) is 11.8. The quantitative estimate of drug-likeness (QED) is 0.403. The lowest BCUT2D eigenvalue weighted by atomic mass is 9.96. The molecule has 0 saturated carbocycles. The molecule has 0 aromatic heterocycles. The van der Waals surface area contributed by atoms with E-state index >= 15 is 0 Å². The molecule has 0 fully saturated rings. The monoisotopic (exact) mass is 447 g/mol. The molecule has 0 bridgehead atoms. The fourth-order valence-electron chi connectivity index (χ4n) is 3.44. The number of aliphatic hydroxyl groups is 1. The fraction of sp³-hybridized carbons (Fsp3) is 0.231. The molecule has 0 spiro atoms. The molecule has 3 aromatic carbocycles. The summed E-state index contributed by atoms with van der Waals surface area (Å²) in [6.07, 6.45) is -1.83. The molecule has 0 saturated heterocycles. The number of carbonyl (C=O) groups excluding carboxylic acids is 2. The maximum Gasteiger partial charge on any atom is 0.412 e. The number of ether oxygens (including phenoxy) is 1. The van der Waals surface area contributed by atoms with E-state index in [0.29, 0.717) is 5.75 Å². The number of hydrogen-bond donors (Lipinski definition) is 4. The van der Waals surface area contributed by atoms with Crippen LogP contribution in [0, 0.1) is 0 Å². The van der Waals surface area contributed by atoms with Gasteiger partial charge in [0.15, 0.2) is 0 Å². The van der Waals surface area contributed by atoms with Gasteiger partial charge in [0.05, 0.1) is 18.2 Å². The van der Waals surface area contributed by atoms with Crippen molar-refractivity contribution in [1.82, 2.24) is 10.6 Å². The van der Waals surface area contributed by atoms with Gasteiger partial charge in [-0.1, -0.05) is 78.9 Å². The Hall–Kier alpha value is -3.68. The largest absolute Gasteiger partial charge is 0.412 e. The van der Waals surface area contributed by atoms with Crippen LogP contribution in [0.4, 0.5) is 4.79 Å². The Balaban J connectivity index is 1.69. The number of benzene rings is 3. The van der Waals surface area contributed by atoms with Crippen LogP contribution in [0.2, 0.25) is 0 Å². The summed E-state index contributed by atoms with van der Waals surface area (Å²) in [7, 11) is 0. The Labute approximate surface area is 193 Å². The third-order valence-corrected chi connectivity index (χ3v) is 5.30. The van der Waals surface area contributed by atoms with Crippen LogP contribution < -0.4 is 21.1 Å². The number of hydrogen-bond acceptors (Lipinski definition) is 5. The topological polar surface area (TPSA) is 114 Å². The zero-order valence-electron chi connectivity index (χ0n) is 18.4. The summed E-state index contributed by atoms with van der Waals surface area (Å²) in [4.78, 5) is 25.2. The summed E-state index contributed by atoms with van der Waals surface area (Å²) in [5, 5.41) is 16.4. The Morgan fingerprint density at radius 3 is 2.03 bits per heavy atom. The van der Waals surface area contributed by atoms with Gasteiger partial charge in [0.25, 0.3) is 0 Å². The highest BCUT2D eigenvalue weighted by molar-refractivity contribution is 5.83. The minimum atomic E-state index is -1.35. The third-order valence-electron chi connectivity index (χ3n) is 5.30. The highest BCUT2D eigenvalue weighted by Crippen LogP contribution is 2.14. The van der Waals surface area contributed by atoms with Gasteiger partial charge in [0.1, 0.15) is 11.8 Å². The average Bonchev–Trinajstić information content (AvgIpc) is 2.84. The third kappa shape index (κ3) is 7.17. The first-order chi connectivity index (χ1) is 15.9. The predicted molar refractivity (Wildman–Crippen MR) is 127 cm³/mol. The first-order valence-corrected chi connectivity index (χ1v) is 10.8. The van der Waals surface area contributed by atoms with Crippen molar-refractivity contribution in [1.29, 1.82) is 0 Å². The molecule has 0 heterocycles. The first kappa shape index (κ1) is 24.0. The van der Waals surface area contributed by atoms with Gasteiger partial charge >= 0.3 is 6.09 Å². The lowest BCUT2D eigenvalue weighted by molar-refractivity contribution is -0.125. The highest BCUT2D eigenvalue weighted by atomic mass is 16.6. The van der Waals surface area contributed by atoms with Crippen molar-refractivity contribution in [2.24, 2.45) is 5.73 Å². The van der Waals surface area contributed by atoms with Crippen LogP contribution in [-0.4, -0.2) is 35.3 Å². The molecule has 7 heteroatoms. The van der Waals surface area contributed by atoms with E-state index in [1.165, 1.54) is 0 Å². The second-order valence-electron chi connectivity index (χ2n) is 7.80. The van der Waals surface area contributed by atoms with Crippen LogP contribution in [0.25, 0.3) is 0 Å². The molecule has 7 nitrogen and oxygen atoms in total. The van der Waals surface area contributed by atoms with Crippen molar-refractivity contribution < 1.29 is 19.4 Å². The number of carbonyl (C=O) groups is 2. The van der Waals surface area contributed by atoms with Gasteiger partial charge in [0.2, 0.25) is 5.91 Å². The van der Waals surface area contributed by atoms with E-state index in [1.54, 1.807) is 30.3 Å². The van der Waals surface area contributed by atoms with E-state index in [0.717, 1.165) is 11.1 Å². The van der Waals surface area contributed by atoms with E-state index in [1.807, 2.05) is 67.6 Å². The number of amides is 2. The molecule has 0 aliphatic rings. The summed E-state index contributed by atoms with van der Waals surface area (Å²) in [6.45, 7) is 1.84. The summed E-state index contributed by atoms with van der Waals surface area (Å²) < 4.78 is 5.29. The molecule has 0 radical (unpaired) electrons. The Bertz CT molecular complexity index is 1020. The summed E-state index contributed by atoms with van der Waals surface area (Å²) in [5.41, 5.74) is 7.90. The van der Waals surface area contributed by atoms with E-state index in [2.05, 4.69) is 10.6 Å². The van der Waals surface area contributed by atoms with Gasteiger partial charge in [-0.25, -0.2) is 4.79 Å². The normalized spacial score (nSPS) is 14.4. The minimum absolute atomic E-state index is 0.265. The maximum absolute atomic E-state index is 12.8. The number of aliphatic hydroxyl groups excluding tert-OH is 1. The van der Waals surface area contributed by atoms with E-state index in [4.69, 9.17) is 10.5 Å². The molecule has 33 heavy (non-hydrogen) atoms. The molecule has 172 valence electrons. The van der Waals surface area contributed by atoms with E-state index in [-0.39, 0.29) is 12.5 Å². The zero-order chi connectivity index (χ0) is 23.6. The molecule has 4 atom stereocenters. The minimum Gasteiger partial charge on any atom is -0.410 e. The molecular weight excluding hydrogens is 418 g/mol. The van der Waals surface area contributed by atoms with Gasteiger partial charge in [-0.3, -0.25) is 4.79 Å². The van der Waals surface area contributed by atoms with Gasteiger partial charge in [-0.15, -0.1) is 0 Å². The molecule has 5 N–H and O–H groups in total. The van der Waals surface area contributed by atoms with Crippen LogP contribution in [0.1, 0.15) is 24.1 Å². The van der Waals surface area contributed by atoms with Gasteiger partial charge in [-0.2, -0.15) is 0 Å². The van der Waals surface area contributed by atoms with Crippen LogP contribution in [0.5, 0.6) is 5.75 Å². The van der Waals surface area contributed by atoms with Crippen molar-refractivity contribution in [3.05, 3.63) is 102 Å². The lowest BCUT2D eigenvalue weighted by Crippen LogP contribution is -2.58. The highest BCUT2D eigenvalue weighted by Gasteiger charge is 2.32. The fourth-order valence-corrected chi connectivity index (χ4v) is 3.44. The number of nitrogens with one attached hydrogen (secondary N) is 2. The van der Waals surface area contributed by atoms with Gasteiger partial charge < -0.3 is 26.2 Å². The van der Waals surface area contributed by atoms with Crippen LogP contribution in [0.3, 0.4) is 0 Å². The predicted octanol–water partition coefficient (Wildman–Crippen LogP) is 2.95. The molecular formula is C26H29N3O4. The zero-order valence-corrected chi connectivity index (χ0v) is 18.4. The number of para-hydroxylation sites is 1. The second-order valence-corrected chi connectivity index (χ2v) is 7.80. The van der Waals surface area contributed by atoms with Crippen molar-refractivity contribution in [2.75, 3.05) is 0 Å². The van der Waals surface area contributed by atoms with Crippen LogP contribution in [-0.2, 0) is 11.2 Å². The maximum atomic E-state index is 12.8. The average molecular weight is 448 g/mol. The first-order valence-electron chi connectivity index (χ1n) is 10.8. The van der Waals surface area contributed by atoms with Crippen molar-refractivity contribution in [3.8, 4) is 5.75 Å². The Morgan fingerprint density at radius 2 is 1.42 bits per heavy atom.